The van der Waals surface area contributed by atoms with Gasteiger partial charge < -0.3 is 14.6 Å². The van der Waals surface area contributed by atoms with E-state index in [1.807, 2.05) is 18.2 Å². The molecule has 8 nitrogen and oxygen atoms in total. The molecule has 0 bridgehead atoms. The lowest BCUT2D eigenvalue weighted by Crippen LogP contribution is -2.54. The summed E-state index contributed by atoms with van der Waals surface area (Å²) in [6, 6.07) is 17.1. The molecular weight excluding hydrogens is 460 g/mol. The van der Waals surface area contributed by atoms with Crippen LogP contribution in [0.2, 0.25) is 5.02 Å². The van der Waals surface area contributed by atoms with E-state index in [1.165, 1.54) is 43.5 Å². The molecule has 0 radical (unpaired) electrons. The van der Waals surface area contributed by atoms with Crippen LogP contribution in [0.25, 0.3) is 6.08 Å². The minimum atomic E-state index is -0.861. The fourth-order valence-electron chi connectivity index (χ4n) is 3.31. The molecule has 172 valence electrons. The molecule has 0 aliphatic carbocycles. The summed E-state index contributed by atoms with van der Waals surface area (Å²) in [5.41, 5.74) is 1.27. The molecule has 4 amide bonds. The first-order chi connectivity index (χ1) is 16.4. The molecule has 0 unspecified atom stereocenters. The smallest absolute Gasteiger partial charge is 0.335 e. The highest BCUT2D eigenvalue weighted by atomic mass is 35.5. The maximum Gasteiger partial charge on any atom is 0.335 e. The molecular formula is C25H19ClN2O6. The van der Waals surface area contributed by atoms with E-state index in [0.29, 0.717) is 16.3 Å². The molecule has 0 aromatic heterocycles. The number of benzene rings is 3. The van der Waals surface area contributed by atoms with E-state index in [2.05, 4.69) is 5.32 Å². The fourth-order valence-corrected chi connectivity index (χ4v) is 3.50. The number of hydrogen-bond donors (Lipinski definition) is 2. The number of nitrogens with one attached hydrogen (secondary N) is 1. The van der Waals surface area contributed by atoms with Crippen molar-refractivity contribution in [2.24, 2.45) is 0 Å². The number of barbiturate groups is 1. The zero-order chi connectivity index (χ0) is 24.2. The predicted molar refractivity (Wildman–Crippen MR) is 126 cm³/mol. The van der Waals surface area contributed by atoms with E-state index < -0.39 is 17.8 Å². The van der Waals surface area contributed by atoms with Crippen LogP contribution in [0.1, 0.15) is 11.1 Å². The monoisotopic (exact) mass is 478 g/mol. The Morgan fingerprint density at radius 2 is 1.76 bits per heavy atom. The standard InChI is InChI=1S/C25H19ClN2O6/c1-33-22-13-15(6-11-21(22)29)12-19-23(30)27-25(32)28(24(19)31)17-7-9-18(10-8-17)34-14-16-4-2-3-5-20(16)26/h2-13,29H,14H2,1H3,(H,27,30,32)/b19-12+. The SMILES string of the molecule is COc1cc(/C=C2\C(=O)NC(=O)N(c3ccc(OCc4ccccc4Cl)cc3)C2=O)ccc1O. The number of aromatic hydroxyl groups is 1. The molecule has 1 heterocycles. The van der Waals surface area contributed by atoms with Gasteiger partial charge in [-0.05, 0) is 54.1 Å². The molecule has 9 heteroatoms. The van der Waals surface area contributed by atoms with Crippen LogP contribution in [-0.4, -0.2) is 30.1 Å². The molecule has 4 rings (SSSR count). The molecule has 3 aromatic carbocycles. The Balaban J connectivity index is 1.55. The van der Waals surface area contributed by atoms with Crippen LogP contribution in [0, 0.1) is 0 Å². The molecule has 1 aliphatic heterocycles. The van der Waals surface area contributed by atoms with Crippen molar-refractivity contribution in [2.45, 2.75) is 6.61 Å². The number of carbonyl (C=O) groups is 3. The van der Waals surface area contributed by atoms with E-state index in [0.717, 1.165) is 10.5 Å². The van der Waals surface area contributed by atoms with E-state index in [9.17, 15) is 19.5 Å². The number of methoxy groups -OCH3 is 1. The van der Waals surface area contributed by atoms with Gasteiger partial charge in [-0.1, -0.05) is 35.9 Å². The summed E-state index contributed by atoms with van der Waals surface area (Å²) in [6.45, 7) is 0.250. The number of nitrogens with zero attached hydrogens (tertiary/aromatic N) is 1. The Kier molecular flexibility index (Phi) is 6.51. The van der Waals surface area contributed by atoms with Crippen LogP contribution >= 0.6 is 11.6 Å². The molecule has 2 N–H and O–H groups in total. The Morgan fingerprint density at radius 3 is 2.47 bits per heavy atom. The lowest BCUT2D eigenvalue weighted by atomic mass is 10.1. The number of ether oxygens (including phenoxy) is 2. The first kappa shape index (κ1) is 22.9. The molecule has 0 spiro atoms. The van der Waals surface area contributed by atoms with Gasteiger partial charge in [-0.25, -0.2) is 9.69 Å². The van der Waals surface area contributed by atoms with Gasteiger partial charge in [0.05, 0.1) is 12.8 Å². The summed E-state index contributed by atoms with van der Waals surface area (Å²) < 4.78 is 10.8. The Hall–Kier alpha value is -4.30. The van der Waals surface area contributed by atoms with Crippen LogP contribution in [0.5, 0.6) is 17.2 Å². The van der Waals surface area contributed by atoms with Crippen LogP contribution in [0.4, 0.5) is 10.5 Å². The predicted octanol–water partition coefficient (Wildman–Crippen LogP) is 4.30. The normalized spacial score (nSPS) is 14.8. The number of anilines is 1. The number of halogens is 1. The second-order valence-electron chi connectivity index (χ2n) is 7.26. The molecule has 1 saturated heterocycles. The fraction of sp³-hybridized carbons (Fsp3) is 0.0800. The topological polar surface area (TPSA) is 105 Å². The number of imide groups is 2. The third kappa shape index (κ3) is 4.72. The number of carbonyl (C=O) groups excluding carboxylic acids is 3. The van der Waals surface area contributed by atoms with Crippen LogP contribution in [-0.2, 0) is 16.2 Å². The summed E-state index contributed by atoms with van der Waals surface area (Å²) >= 11 is 6.14. The van der Waals surface area contributed by atoms with E-state index in [-0.39, 0.29) is 29.4 Å². The number of phenols is 1. The van der Waals surface area contributed by atoms with Gasteiger partial charge in [0.25, 0.3) is 11.8 Å². The van der Waals surface area contributed by atoms with Crippen molar-refractivity contribution in [3.05, 3.63) is 88.5 Å². The lowest BCUT2D eigenvalue weighted by molar-refractivity contribution is -0.122. The molecule has 3 aromatic rings. The van der Waals surface area contributed by atoms with Crippen molar-refractivity contribution in [1.29, 1.82) is 0 Å². The van der Waals surface area contributed by atoms with Crippen molar-refractivity contribution in [3.63, 3.8) is 0 Å². The van der Waals surface area contributed by atoms with Gasteiger partial charge in [0.1, 0.15) is 17.9 Å². The summed E-state index contributed by atoms with van der Waals surface area (Å²) in [5, 5.41) is 12.5. The zero-order valence-electron chi connectivity index (χ0n) is 17.9. The summed E-state index contributed by atoms with van der Waals surface area (Å²) in [6.07, 6.45) is 1.32. The first-order valence-electron chi connectivity index (χ1n) is 10.1. The Morgan fingerprint density at radius 1 is 1.03 bits per heavy atom. The van der Waals surface area contributed by atoms with Crippen LogP contribution in [0.3, 0.4) is 0 Å². The second-order valence-corrected chi connectivity index (χ2v) is 7.67. The number of phenolic OH excluding ortho intramolecular Hbond substituents is 1. The first-order valence-corrected chi connectivity index (χ1v) is 10.5. The summed E-state index contributed by atoms with van der Waals surface area (Å²) in [4.78, 5) is 38.7. The highest BCUT2D eigenvalue weighted by Gasteiger charge is 2.36. The second kappa shape index (κ2) is 9.68. The molecule has 1 fully saturated rings. The average molecular weight is 479 g/mol. The maximum absolute atomic E-state index is 13.1. The minimum absolute atomic E-state index is 0.0854. The van der Waals surface area contributed by atoms with Crippen molar-refractivity contribution in [2.75, 3.05) is 12.0 Å². The van der Waals surface area contributed by atoms with Crippen LogP contribution < -0.4 is 19.7 Å². The van der Waals surface area contributed by atoms with Crippen LogP contribution in [0.15, 0.2) is 72.3 Å². The number of urea groups is 1. The summed E-state index contributed by atoms with van der Waals surface area (Å²) in [5.74, 6) is -1.00. The van der Waals surface area contributed by atoms with Gasteiger partial charge in [-0.3, -0.25) is 14.9 Å². The minimum Gasteiger partial charge on any atom is -0.504 e. The summed E-state index contributed by atoms with van der Waals surface area (Å²) in [7, 11) is 1.38. The van der Waals surface area contributed by atoms with Gasteiger partial charge >= 0.3 is 6.03 Å². The third-order valence-electron chi connectivity index (χ3n) is 5.06. The Labute approximate surface area is 200 Å². The quantitative estimate of drug-likeness (QED) is 0.404. The van der Waals surface area contributed by atoms with Crippen molar-refractivity contribution in [1.82, 2.24) is 5.32 Å². The largest absolute Gasteiger partial charge is 0.504 e. The molecule has 0 atom stereocenters. The van der Waals surface area contributed by atoms with Crippen molar-refractivity contribution >= 4 is 41.2 Å². The highest BCUT2D eigenvalue weighted by Crippen LogP contribution is 2.29. The van der Waals surface area contributed by atoms with Gasteiger partial charge in [0, 0.05) is 10.6 Å². The zero-order valence-corrected chi connectivity index (χ0v) is 18.7. The van der Waals surface area contributed by atoms with Gasteiger partial charge in [0.15, 0.2) is 11.5 Å². The van der Waals surface area contributed by atoms with Gasteiger partial charge in [-0.15, -0.1) is 0 Å². The molecule has 34 heavy (non-hydrogen) atoms. The van der Waals surface area contributed by atoms with Crippen molar-refractivity contribution < 1.29 is 29.0 Å². The number of hydrogen-bond acceptors (Lipinski definition) is 6. The van der Waals surface area contributed by atoms with E-state index in [4.69, 9.17) is 21.1 Å². The highest BCUT2D eigenvalue weighted by molar-refractivity contribution is 6.39. The van der Waals surface area contributed by atoms with E-state index >= 15 is 0 Å². The average Bonchev–Trinajstić information content (AvgIpc) is 2.83. The van der Waals surface area contributed by atoms with Gasteiger partial charge in [0.2, 0.25) is 0 Å². The lowest BCUT2D eigenvalue weighted by Gasteiger charge is -2.26. The van der Waals surface area contributed by atoms with E-state index in [1.54, 1.807) is 18.2 Å². The number of rotatable bonds is 6. The number of amides is 4. The maximum atomic E-state index is 13.1. The molecule has 1 aliphatic rings. The Bertz CT molecular complexity index is 1300. The van der Waals surface area contributed by atoms with Crippen molar-refractivity contribution in [3.8, 4) is 17.2 Å². The molecule has 0 saturated carbocycles. The third-order valence-corrected chi connectivity index (χ3v) is 5.43. The van der Waals surface area contributed by atoms with Gasteiger partial charge in [-0.2, -0.15) is 0 Å².